The van der Waals surface area contributed by atoms with Crippen LogP contribution in [-0.2, 0) is 27.3 Å². The second-order valence-electron chi connectivity index (χ2n) is 8.33. The summed E-state index contributed by atoms with van der Waals surface area (Å²) in [6, 6.07) is 17.7. The minimum atomic E-state index is -0.922. The summed E-state index contributed by atoms with van der Waals surface area (Å²) in [4.78, 5) is 36.5. The molecule has 0 unspecified atom stereocenters. The normalized spacial score (nSPS) is 11.6. The summed E-state index contributed by atoms with van der Waals surface area (Å²) in [6.45, 7) is 2.09. The fourth-order valence-electron chi connectivity index (χ4n) is 3.69. The molecular formula is C28H28N4O7. The van der Waals surface area contributed by atoms with Crippen molar-refractivity contribution in [3.63, 3.8) is 0 Å². The van der Waals surface area contributed by atoms with E-state index in [1.165, 1.54) is 13.3 Å². The van der Waals surface area contributed by atoms with Crippen LogP contribution in [0.2, 0.25) is 0 Å². The molecule has 3 aromatic carbocycles. The lowest BCUT2D eigenvalue weighted by atomic mass is 10.1. The first kappa shape index (κ1) is 27.0. The van der Waals surface area contributed by atoms with Crippen molar-refractivity contribution >= 4 is 29.6 Å². The van der Waals surface area contributed by atoms with Crippen LogP contribution in [0.3, 0.4) is 0 Å². The summed E-state index contributed by atoms with van der Waals surface area (Å²) in [6.07, 6.45) is 2.14. The van der Waals surface area contributed by atoms with Crippen LogP contribution >= 0.6 is 0 Å². The molecule has 1 heterocycles. The van der Waals surface area contributed by atoms with Gasteiger partial charge in [-0.25, -0.2) is 5.43 Å². The maximum atomic E-state index is 12.4. The maximum Gasteiger partial charge on any atom is 0.329 e. The van der Waals surface area contributed by atoms with Gasteiger partial charge in [0.25, 0.3) is 5.91 Å². The van der Waals surface area contributed by atoms with Crippen molar-refractivity contribution < 1.29 is 33.3 Å². The Morgan fingerprint density at radius 1 is 0.974 bits per heavy atom. The summed E-state index contributed by atoms with van der Waals surface area (Å²) < 4.78 is 21.5. The van der Waals surface area contributed by atoms with E-state index in [-0.39, 0.29) is 25.9 Å². The number of hydrazone groups is 1. The third kappa shape index (κ3) is 7.25. The van der Waals surface area contributed by atoms with Crippen molar-refractivity contribution in [2.75, 3.05) is 25.8 Å². The largest absolute Gasteiger partial charge is 0.493 e. The Hall–Kier alpha value is -5.06. The highest BCUT2D eigenvalue weighted by Gasteiger charge is 2.16. The highest BCUT2D eigenvalue weighted by Crippen LogP contribution is 2.32. The molecule has 0 bridgehead atoms. The quantitative estimate of drug-likeness (QED) is 0.207. The van der Waals surface area contributed by atoms with Crippen LogP contribution in [0, 0.1) is 0 Å². The van der Waals surface area contributed by atoms with Gasteiger partial charge in [-0.3, -0.25) is 14.4 Å². The van der Waals surface area contributed by atoms with Crippen molar-refractivity contribution in [2.24, 2.45) is 5.10 Å². The van der Waals surface area contributed by atoms with Gasteiger partial charge in [-0.15, -0.1) is 0 Å². The Labute approximate surface area is 225 Å². The fourth-order valence-corrected chi connectivity index (χ4v) is 3.69. The van der Waals surface area contributed by atoms with E-state index in [2.05, 4.69) is 21.2 Å². The predicted molar refractivity (Wildman–Crippen MR) is 143 cm³/mol. The van der Waals surface area contributed by atoms with Gasteiger partial charge in [-0.05, 0) is 59.5 Å². The zero-order valence-electron chi connectivity index (χ0n) is 21.5. The second-order valence-corrected chi connectivity index (χ2v) is 8.33. The molecule has 0 fully saturated rings. The SMILES string of the molecule is CCc1ccccc1NC(=O)COc1ccc(/C=N\NC(=O)C(=O)NCc2ccc3c(c2)OCO3)cc1OC. The average Bonchev–Trinajstić information content (AvgIpc) is 3.43. The van der Waals surface area contributed by atoms with Gasteiger partial charge >= 0.3 is 11.8 Å². The molecule has 11 nitrogen and oxygen atoms in total. The maximum absolute atomic E-state index is 12.4. The molecule has 0 saturated heterocycles. The Kier molecular flexibility index (Phi) is 8.96. The number of rotatable bonds is 10. The van der Waals surface area contributed by atoms with E-state index in [1.54, 1.807) is 36.4 Å². The molecule has 0 aromatic heterocycles. The summed E-state index contributed by atoms with van der Waals surface area (Å²) in [7, 11) is 1.47. The number of para-hydroxylation sites is 1. The van der Waals surface area contributed by atoms with Crippen LogP contribution < -0.4 is 35.0 Å². The first-order valence-electron chi connectivity index (χ1n) is 12.1. The molecule has 0 radical (unpaired) electrons. The minimum absolute atomic E-state index is 0.133. The van der Waals surface area contributed by atoms with Gasteiger partial charge in [0.1, 0.15) is 0 Å². The van der Waals surface area contributed by atoms with Gasteiger partial charge in [0.15, 0.2) is 29.6 Å². The summed E-state index contributed by atoms with van der Waals surface area (Å²) >= 11 is 0. The Balaban J connectivity index is 1.25. The molecule has 3 amide bonds. The lowest BCUT2D eigenvalue weighted by Crippen LogP contribution is -2.37. The van der Waals surface area contributed by atoms with Crippen molar-refractivity contribution in [3.05, 3.63) is 77.4 Å². The molecule has 11 heteroatoms. The van der Waals surface area contributed by atoms with Crippen molar-refractivity contribution in [1.82, 2.24) is 10.7 Å². The Morgan fingerprint density at radius 3 is 2.62 bits per heavy atom. The number of hydrogen-bond donors (Lipinski definition) is 3. The van der Waals surface area contributed by atoms with Crippen molar-refractivity contribution in [2.45, 2.75) is 19.9 Å². The number of ether oxygens (including phenoxy) is 4. The molecule has 3 N–H and O–H groups in total. The summed E-state index contributed by atoms with van der Waals surface area (Å²) in [5.74, 6) is -0.117. The number of nitrogens with zero attached hydrogens (tertiary/aromatic N) is 1. The standard InChI is InChI=1S/C28H28N4O7/c1-3-20-6-4-5-7-21(20)31-26(33)16-37-22-10-9-19(12-24(22)36-2)15-30-32-28(35)27(34)29-14-18-8-11-23-25(13-18)39-17-38-23/h4-13,15H,3,14,16-17H2,1-2H3,(H,29,34)(H,31,33)(H,32,35)/b30-15-. The molecule has 39 heavy (non-hydrogen) atoms. The number of anilines is 1. The molecule has 4 rings (SSSR count). The lowest BCUT2D eigenvalue weighted by Gasteiger charge is -2.13. The number of amides is 3. The Morgan fingerprint density at radius 2 is 1.79 bits per heavy atom. The highest BCUT2D eigenvalue weighted by molar-refractivity contribution is 6.35. The molecule has 202 valence electrons. The number of carbonyl (C=O) groups excluding carboxylic acids is 3. The number of nitrogens with one attached hydrogen (secondary N) is 3. The third-order valence-electron chi connectivity index (χ3n) is 5.69. The van der Waals surface area contributed by atoms with Crippen LogP contribution in [0.4, 0.5) is 5.69 Å². The predicted octanol–water partition coefficient (Wildman–Crippen LogP) is 2.77. The molecule has 1 aliphatic heterocycles. The zero-order chi connectivity index (χ0) is 27.6. The van der Waals surface area contributed by atoms with Gasteiger partial charge in [0.05, 0.1) is 13.3 Å². The average molecular weight is 533 g/mol. The van der Waals surface area contributed by atoms with Gasteiger partial charge in [-0.2, -0.15) is 5.10 Å². The van der Waals surface area contributed by atoms with Gasteiger partial charge in [-0.1, -0.05) is 31.2 Å². The molecule has 0 atom stereocenters. The number of carbonyl (C=O) groups is 3. The van der Waals surface area contributed by atoms with Crippen LogP contribution in [-0.4, -0.2) is 44.4 Å². The summed E-state index contributed by atoms with van der Waals surface area (Å²) in [5.41, 5.74) is 5.28. The first-order valence-corrected chi connectivity index (χ1v) is 12.1. The van der Waals surface area contributed by atoms with Crippen LogP contribution in [0.25, 0.3) is 0 Å². The molecule has 0 saturated carbocycles. The minimum Gasteiger partial charge on any atom is -0.493 e. The highest BCUT2D eigenvalue weighted by atomic mass is 16.7. The lowest BCUT2D eigenvalue weighted by molar-refractivity contribution is -0.139. The molecule has 0 spiro atoms. The zero-order valence-corrected chi connectivity index (χ0v) is 21.5. The fraction of sp³-hybridized carbons (Fsp3) is 0.214. The van der Waals surface area contributed by atoms with Crippen LogP contribution in [0.15, 0.2) is 65.8 Å². The molecular weight excluding hydrogens is 504 g/mol. The summed E-state index contributed by atoms with van der Waals surface area (Å²) in [5, 5.41) is 9.19. The first-order chi connectivity index (χ1) is 19.0. The smallest absolute Gasteiger partial charge is 0.329 e. The van der Waals surface area contributed by atoms with Crippen LogP contribution in [0.5, 0.6) is 23.0 Å². The van der Waals surface area contributed by atoms with Gasteiger partial charge < -0.3 is 29.6 Å². The number of hydrogen-bond acceptors (Lipinski definition) is 8. The van der Waals surface area contributed by atoms with Crippen molar-refractivity contribution in [3.8, 4) is 23.0 Å². The van der Waals surface area contributed by atoms with E-state index in [9.17, 15) is 14.4 Å². The van der Waals surface area contributed by atoms with E-state index >= 15 is 0 Å². The molecule has 1 aliphatic rings. The van der Waals surface area contributed by atoms with Gasteiger partial charge in [0.2, 0.25) is 6.79 Å². The molecule has 3 aromatic rings. The van der Waals surface area contributed by atoms with Gasteiger partial charge in [0, 0.05) is 12.2 Å². The number of fused-ring (bicyclic) bond motifs is 1. The van der Waals surface area contributed by atoms with E-state index in [4.69, 9.17) is 18.9 Å². The number of aryl methyl sites for hydroxylation is 1. The third-order valence-corrected chi connectivity index (χ3v) is 5.69. The Bertz CT molecular complexity index is 1390. The van der Waals surface area contributed by atoms with Crippen molar-refractivity contribution in [1.29, 1.82) is 0 Å². The second kappa shape index (κ2) is 13.0. The monoisotopic (exact) mass is 532 g/mol. The topological polar surface area (TPSA) is 137 Å². The van der Waals surface area contributed by atoms with E-state index in [1.807, 2.05) is 31.2 Å². The number of benzene rings is 3. The van der Waals surface area contributed by atoms with E-state index in [0.29, 0.717) is 28.6 Å². The number of methoxy groups -OCH3 is 1. The van der Waals surface area contributed by atoms with E-state index < -0.39 is 11.8 Å². The van der Waals surface area contributed by atoms with E-state index in [0.717, 1.165) is 23.2 Å². The molecule has 0 aliphatic carbocycles. The van der Waals surface area contributed by atoms with Crippen LogP contribution in [0.1, 0.15) is 23.6 Å².